The van der Waals surface area contributed by atoms with Gasteiger partial charge in [-0.3, -0.25) is 9.48 Å². The summed E-state index contributed by atoms with van der Waals surface area (Å²) in [5.74, 6) is 0.0197. The summed E-state index contributed by atoms with van der Waals surface area (Å²) >= 11 is 0. The first-order valence-electron chi connectivity index (χ1n) is 6.14. The molecule has 6 heteroatoms. The number of fused-ring (bicyclic) bond motifs is 1. The Morgan fingerprint density at radius 2 is 2.21 bits per heavy atom. The standard InChI is InChI=1S/C13H18N4O.ClH/c1-3-17-12-8-11(5-4-10(12)9-15-17)16-13(18)6-7-14-2;/h4-5,8-9,14H,3,6-7H2,1-2H3,(H,16,18);1H. The molecule has 0 bridgehead atoms. The van der Waals surface area contributed by atoms with Crippen LogP contribution in [0.4, 0.5) is 5.69 Å². The fourth-order valence-corrected chi connectivity index (χ4v) is 1.86. The maximum atomic E-state index is 11.6. The zero-order chi connectivity index (χ0) is 13.0. The molecule has 1 aromatic carbocycles. The number of carbonyl (C=O) groups excluding carboxylic acids is 1. The van der Waals surface area contributed by atoms with Gasteiger partial charge < -0.3 is 10.6 Å². The van der Waals surface area contributed by atoms with Crippen LogP contribution in [-0.2, 0) is 11.3 Å². The van der Waals surface area contributed by atoms with E-state index in [1.165, 1.54) is 0 Å². The van der Waals surface area contributed by atoms with Gasteiger partial charge in [-0.15, -0.1) is 12.4 Å². The first kappa shape index (κ1) is 15.5. The molecule has 0 aliphatic heterocycles. The molecule has 0 radical (unpaired) electrons. The molecule has 0 unspecified atom stereocenters. The van der Waals surface area contributed by atoms with Crippen LogP contribution in [0.25, 0.3) is 10.9 Å². The number of anilines is 1. The molecule has 0 aliphatic rings. The molecule has 1 amide bonds. The van der Waals surface area contributed by atoms with Gasteiger partial charge in [0.15, 0.2) is 0 Å². The maximum Gasteiger partial charge on any atom is 0.225 e. The predicted molar refractivity (Wildman–Crippen MR) is 79.8 cm³/mol. The van der Waals surface area contributed by atoms with E-state index in [2.05, 4.69) is 15.7 Å². The molecule has 5 nitrogen and oxygen atoms in total. The topological polar surface area (TPSA) is 59.0 Å². The third-order valence-electron chi connectivity index (χ3n) is 2.83. The average molecular weight is 283 g/mol. The lowest BCUT2D eigenvalue weighted by Crippen LogP contribution is -2.18. The summed E-state index contributed by atoms with van der Waals surface area (Å²) in [6.07, 6.45) is 2.31. The fraction of sp³-hybridized carbons (Fsp3) is 0.385. The number of nitrogens with one attached hydrogen (secondary N) is 2. The second-order valence-corrected chi connectivity index (χ2v) is 4.14. The van der Waals surface area contributed by atoms with Crippen molar-refractivity contribution in [1.29, 1.82) is 0 Å². The molecule has 2 N–H and O–H groups in total. The first-order valence-corrected chi connectivity index (χ1v) is 6.14. The Kier molecular flexibility index (Phi) is 5.79. The van der Waals surface area contributed by atoms with E-state index in [-0.39, 0.29) is 18.3 Å². The molecular formula is C13H19ClN4O. The van der Waals surface area contributed by atoms with E-state index in [4.69, 9.17) is 0 Å². The summed E-state index contributed by atoms with van der Waals surface area (Å²) < 4.78 is 1.92. The summed E-state index contributed by atoms with van der Waals surface area (Å²) in [4.78, 5) is 11.6. The number of benzene rings is 1. The predicted octanol–water partition coefficient (Wildman–Crippen LogP) is 2.03. The Morgan fingerprint density at radius 1 is 1.42 bits per heavy atom. The molecule has 0 saturated heterocycles. The largest absolute Gasteiger partial charge is 0.326 e. The normalized spacial score (nSPS) is 10.2. The van der Waals surface area contributed by atoms with Gasteiger partial charge in [-0.2, -0.15) is 5.10 Å². The van der Waals surface area contributed by atoms with Crippen molar-refractivity contribution in [2.24, 2.45) is 0 Å². The second-order valence-electron chi connectivity index (χ2n) is 4.14. The Bertz CT molecular complexity index is 553. The van der Waals surface area contributed by atoms with Gasteiger partial charge in [0.05, 0.1) is 11.7 Å². The average Bonchev–Trinajstić information content (AvgIpc) is 2.78. The summed E-state index contributed by atoms with van der Waals surface area (Å²) in [6, 6.07) is 5.84. The van der Waals surface area contributed by atoms with E-state index in [0.29, 0.717) is 13.0 Å². The third kappa shape index (κ3) is 3.68. The quantitative estimate of drug-likeness (QED) is 0.882. The molecule has 0 fully saturated rings. The molecule has 2 aromatic rings. The molecule has 19 heavy (non-hydrogen) atoms. The Balaban J connectivity index is 0.00000180. The van der Waals surface area contributed by atoms with E-state index >= 15 is 0 Å². The van der Waals surface area contributed by atoms with Gasteiger partial charge in [-0.1, -0.05) is 0 Å². The molecule has 1 aromatic heterocycles. The Labute approximate surface area is 118 Å². The van der Waals surface area contributed by atoms with E-state index in [0.717, 1.165) is 23.1 Å². The van der Waals surface area contributed by atoms with Crippen molar-refractivity contribution in [2.45, 2.75) is 19.9 Å². The molecule has 0 atom stereocenters. The summed E-state index contributed by atoms with van der Waals surface area (Å²) in [5, 5.41) is 11.2. The number of aryl methyl sites for hydroxylation is 1. The van der Waals surface area contributed by atoms with Crippen LogP contribution in [0.15, 0.2) is 24.4 Å². The van der Waals surface area contributed by atoms with Crippen LogP contribution in [-0.4, -0.2) is 29.3 Å². The number of aromatic nitrogens is 2. The lowest BCUT2D eigenvalue weighted by atomic mass is 10.2. The second kappa shape index (κ2) is 7.11. The summed E-state index contributed by atoms with van der Waals surface area (Å²) in [5.41, 5.74) is 1.86. The highest BCUT2D eigenvalue weighted by Crippen LogP contribution is 2.19. The molecule has 0 spiro atoms. The van der Waals surface area contributed by atoms with Crippen molar-refractivity contribution >= 4 is 34.9 Å². The van der Waals surface area contributed by atoms with Gasteiger partial charge in [-0.05, 0) is 32.2 Å². The number of nitrogens with zero attached hydrogens (tertiary/aromatic N) is 2. The minimum Gasteiger partial charge on any atom is -0.326 e. The number of carbonyl (C=O) groups is 1. The lowest BCUT2D eigenvalue weighted by Gasteiger charge is -2.06. The SMILES string of the molecule is CCn1ncc2ccc(NC(=O)CCNC)cc21.Cl. The zero-order valence-corrected chi connectivity index (χ0v) is 12.0. The number of hydrogen-bond acceptors (Lipinski definition) is 3. The summed E-state index contributed by atoms with van der Waals surface area (Å²) in [7, 11) is 1.83. The van der Waals surface area contributed by atoms with Gasteiger partial charge in [0, 0.05) is 30.6 Å². The van der Waals surface area contributed by atoms with Crippen LogP contribution in [0.2, 0.25) is 0 Å². The Morgan fingerprint density at radius 3 is 2.89 bits per heavy atom. The van der Waals surface area contributed by atoms with E-state index in [1.54, 1.807) is 0 Å². The van der Waals surface area contributed by atoms with Crippen LogP contribution < -0.4 is 10.6 Å². The van der Waals surface area contributed by atoms with Crippen LogP contribution in [0.3, 0.4) is 0 Å². The van der Waals surface area contributed by atoms with E-state index < -0.39 is 0 Å². The summed E-state index contributed by atoms with van der Waals surface area (Å²) in [6.45, 7) is 3.55. The minimum atomic E-state index is 0. The molecular weight excluding hydrogens is 264 g/mol. The third-order valence-corrected chi connectivity index (χ3v) is 2.83. The van der Waals surface area contributed by atoms with Crippen molar-refractivity contribution < 1.29 is 4.79 Å². The van der Waals surface area contributed by atoms with Gasteiger partial charge >= 0.3 is 0 Å². The highest BCUT2D eigenvalue weighted by molar-refractivity contribution is 5.93. The fourth-order valence-electron chi connectivity index (χ4n) is 1.86. The van der Waals surface area contributed by atoms with Gasteiger partial charge in [-0.25, -0.2) is 0 Å². The van der Waals surface area contributed by atoms with Gasteiger partial charge in [0.25, 0.3) is 0 Å². The number of rotatable bonds is 5. The smallest absolute Gasteiger partial charge is 0.225 e. The number of amides is 1. The van der Waals surface area contributed by atoms with Crippen molar-refractivity contribution in [3.8, 4) is 0 Å². The highest BCUT2D eigenvalue weighted by atomic mass is 35.5. The number of halogens is 1. The van der Waals surface area contributed by atoms with Crippen molar-refractivity contribution in [3.05, 3.63) is 24.4 Å². The van der Waals surface area contributed by atoms with Crippen LogP contribution in [0, 0.1) is 0 Å². The van der Waals surface area contributed by atoms with E-state index in [9.17, 15) is 4.79 Å². The highest BCUT2D eigenvalue weighted by Gasteiger charge is 2.05. The van der Waals surface area contributed by atoms with Crippen LogP contribution >= 0.6 is 12.4 Å². The minimum absolute atomic E-state index is 0. The zero-order valence-electron chi connectivity index (χ0n) is 11.1. The Hall–Kier alpha value is -1.59. The maximum absolute atomic E-state index is 11.6. The van der Waals surface area contributed by atoms with Gasteiger partial charge in [0.2, 0.25) is 5.91 Å². The number of hydrogen-bond donors (Lipinski definition) is 2. The van der Waals surface area contributed by atoms with Gasteiger partial charge in [0.1, 0.15) is 0 Å². The van der Waals surface area contributed by atoms with E-state index in [1.807, 2.05) is 43.0 Å². The van der Waals surface area contributed by atoms with Crippen molar-refractivity contribution in [1.82, 2.24) is 15.1 Å². The molecule has 104 valence electrons. The molecule has 0 saturated carbocycles. The lowest BCUT2D eigenvalue weighted by molar-refractivity contribution is -0.116. The van der Waals surface area contributed by atoms with Crippen molar-refractivity contribution in [2.75, 3.05) is 18.9 Å². The first-order chi connectivity index (χ1) is 8.74. The molecule has 0 aliphatic carbocycles. The van der Waals surface area contributed by atoms with Crippen LogP contribution in [0.1, 0.15) is 13.3 Å². The van der Waals surface area contributed by atoms with Crippen molar-refractivity contribution in [3.63, 3.8) is 0 Å². The molecule has 2 rings (SSSR count). The van der Waals surface area contributed by atoms with Crippen LogP contribution in [0.5, 0.6) is 0 Å². The molecule has 1 heterocycles. The monoisotopic (exact) mass is 282 g/mol.